The number of benzene rings is 1. The van der Waals surface area contributed by atoms with Crippen molar-refractivity contribution in [2.45, 2.75) is 32.6 Å². The lowest BCUT2D eigenvalue weighted by atomic mass is 10.0. The van der Waals surface area contributed by atoms with Crippen LogP contribution in [0.2, 0.25) is 10.0 Å². The Bertz CT molecular complexity index is 656. The number of H-pyrrole nitrogens is 1. The molecular formula is C15H17Cl2N3. The summed E-state index contributed by atoms with van der Waals surface area (Å²) in [7, 11) is 0. The number of nitrogens with one attached hydrogen (secondary N) is 1. The van der Waals surface area contributed by atoms with Gasteiger partial charge in [0.25, 0.3) is 0 Å². The van der Waals surface area contributed by atoms with Gasteiger partial charge in [0.2, 0.25) is 0 Å². The molecule has 1 fully saturated rings. The predicted octanol–water partition coefficient (Wildman–Crippen LogP) is 4.51. The van der Waals surface area contributed by atoms with Crippen LogP contribution >= 0.6 is 23.2 Å². The number of nitrogens with two attached hydrogens (primary N) is 1. The molecular weight excluding hydrogens is 293 g/mol. The number of anilines is 1. The third kappa shape index (κ3) is 2.09. The van der Waals surface area contributed by atoms with Crippen LogP contribution in [0.5, 0.6) is 0 Å². The monoisotopic (exact) mass is 309 g/mol. The zero-order valence-corrected chi connectivity index (χ0v) is 13.2. The molecule has 1 aromatic heterocycles. The van der Waals surface area contributed by atoms with Gasteiger partial charge in [-0.25, -0.2) is 4.98 Å². The van der Waals surface area contributed by atoms with Gasteiger partial charge < -0.3 is 10.7 Å². The molecule has 0 aliphatic heterocycles. The lowest BCUT2D eigenvalue weighted by Gasteiger charge is -2.04. The first kappa shape index (κ1) is 13.8. The fraction of sp³-hybridized carbons (Fsp3) is 0.400. The standard InChI is InChI=1S/C15H17Cl2N3/c1-7-13(20-14(18)19-7)12-11(15(12,2)3)8-4-9(16)6-10(17)5-8/h4-6,11-12H,1-3H3,(H3,18,19,20)/t11-,12+/m0/s1. The van der Waals surface area contributed by atoms with Crippen molar-refractivity contribution in [3.63, 3.8) is 0 Å². The van der Waals surface area contributed by atoms with Gasteiger partial charge in [-0.15, -0.1) is 0 Å². The molecule has 0 radical (unpaired) electrons. The number of halogens is 2. The lowest BCUT2D eigenvalue weighted by molar-refractivity contribution is 0.597. The van der Waals surface area contributed by atoms with Crippen LogP contribution in [0.15, 0.2) is 18.2 Å². The molecule has 1 heterocycles. The normalized spacial score (nSPS) is 23.9. The van der Waals surface area contributed by atoms with Gasteiger partial charge in [0.05, 0.1) is 5.69 Å². The number of aryl methyl sites for hydroxylation is 1. The molecule has 0 saturated heterocycles. The van der Waals surface area contributed by atoms with Crippen molar-refractivity contribution in [1.29, 1.82) is 0 Å². The van der Waals surface area contributed by atoms with E-state index in [0.29, 0.717) is 27.8 Å². The molecule has 1 saturated carbocycles. The topological polar surface area (TPSA) is 54.7 Å². The fourth-order valence-corrected chi connectivity index (χ4v) is 3.87. The van der Waals surface area contributed by atoms with Crippen LogP contribution in [0.3, 0.4) is 0 Å². The highest BCUT2D eigenvalue weighted by Crippen LogP contribution is 2.70. The molecule has 3 nitrogen and oxygen atoms in total. The molecule has 1 aromatic carbocycles. The van der Waals surface area contributed by atoms with E-state index in [-0.39, 0.29) is 5.41 Å². The van der Waals surface area contributed by atoms with Crippen molar-refractivity contribution in [2.24, 2.45) is 5.41 Å². The van der Waals surface area contributed by atoms with Crippen molar-refractivity contribution in [2.75, 3.05) is 5.73 Å². The largest absolute Gasteiger partial charge is 0.369 e. The van der Waals surface area contributed by atoms with Gasteiger partial charge in [-0.1, -0.05) is 37.0 Å². The van der Waals surface area contributed by atoms with E-state index in [1.165, 1.54) is 5.56 Å². The first-order valence-corrected chi connectivity index (χ1v) is 7.34. The van der Waals surface area contributed by atoms with Crippen molar-refractivity contribution in [3.05, 3.63) is 45.2 Å². The van der Waals surface area contributed by atoms with E-state index >= 15 is 0 Å². The van der Waals surface area contributed by atoms with E-state index in [0.717, 1.165) is 11.4 Å². The van der Waals surface area contributed by atoms with Crippen LogP contribution in [0, 0.1) is 12.3 Å². The second-order valence-electron chi connectivity index (χ2n) is 6.11. The summed E-state index contributed by atoms with van der Waals surface area (Å²) in [6, 6.07) is 5.74. The van der Waals surface area contributed by atoms with E-state index in [4.69, 9.17) is 28.9 Å². The number of aromatic amines is 1. The van der Waals surface area contributed by atoms with Gasteiger partial charge in [0, 0.05) is 21.7 Å². The molecule has 0 spiro atoms. The summed E-state index contributed by atoms with van der Waals surface area (Å²) in [6.45, 7) is 6.48. The molecule has 0 amide bonds. The Morgan fingerprint density at radius 3 is 2.25 bits per heavy atom. The Labute approximate surface area is 128 Å². The Morgan fingerprint density at radius 1 is 1.15 bits per heavy atom. The molecule has 2 aromatic rings. The second kappa shape index (κ2) is 4.40. The van der Waals surface area contributed by atoms with E-state index in [2.05, 4.69) is 23.8 Å². The summed E-state index contributed by atoms with van der Waals surface area (Å²) in [4.78, 5) is 7.52. The number of hydrogen-bond acceptors (Lipinski definition) is 2. The maximum Gasteiger partial charge on any atom is 0.197 e. The van der Waals surface area contributed by atoms with Crippen molar-refractivity contribution in [3.8, 4) is 0 Å². The van der Waals surface area contributed by atoms with Crippen LogP contribution in [0.25, 0.3) is 0 Å². The van der Waals surface area contributed by atoms with Gasteiger partial charge in [0.1, 0.15) is 0 Å². The molecule has 3 N–H and O–H groups in total. The van der Waals surface area contributed by atoms with Gasteiger partial charge in [0.15, 0.2) is 5.95 Å². The number of nitrogen functional groups attached to an aromatic ring is 1. The number of rotatable bonds is 2. The molecule has 1 aliphatic rings. The minimum Gasteiger partial charge on any atom is -0.369 e. The van der Waals surface area contributed by atoms with Gasteiger partial charge in [-0.2, -0.15) is 0 Å². The maximum absolute atomic E-state index is 6.12. The maximum atomic E-state index is 6.12. The van der Waals surface area contributed by atoms with E-state index in [9.17, 15) is 0 Å². The quantitative estimate of drug-likeness (QED) is 0.857. The minimum atomic E-state index is 0.125. The Morgan fingerprint density at radius 2 is 1.75 bits per heavy atom. The predicted molar refractivity (Wildman–Crippen MR) is 83.5 cm³/mol. The zero-order valence-electron chi connectivity index (χ0n) is 11.7. The van der Waals surface area contributed by atoms with Crippen LogP contribution in [0.1, 0.15) is 42.6 Å². The first-order valence-electron chi connectivity index (χ1n) is 6.58. The average Bonchev–Trinajstić information content (AvgIpc) is 2.70. The summed E-state index contributed by atoms with van der Waals surface area (Å²) in [6.07, 6.45) is 0. The van der Waals surface area contributed by atoms with Crippen molar-refractivity contribution >= 4 is 29.2 Å². The smallest absolute Gasteiger partial charge is 0.197 e. The Balaban J connectivity index is 2.01. The molecule has 106 valence electrons. The second-order valence-corrected chi connectivity index (χ2v) is 6.98. The third-order valence-electron chi connectivity index (χ3n) is 4.31. The van der Waals surface area contributed by atoms with Crippen LogP contribution < -0.4 is 5.73 Å². The summed E-state index contributed by atoms with van der Waals surface area (Å²) in [5.74, 6) is 1.17. The van der Waals surface area contributed by atoms with Crippen LogP contribution in [-0.4, -0.2) is 9.97 Å². The highest BCUT2D eigenvalue weighted by molar-refractivity contribution is 6.34. The summed E-state index contributed by atoms with van der Waals surface area (Å²) in [5, 5.41) is 1.35. The molecule has 5 heteroatoms. The molecule has 20 heavy (non-hydrogen) atoms. The first-order chi connectivity index (χ1) is 9.30. The number of imidazole rings is 1. The summed E-state index contributed by atoms with van der Waals surface area (Å²) in [5.41, 5.74) is 9.14. The Kier molecular flexibility index (Phi) is 3.03. The van der Waals surface area contributed by atoms with Crippen LogP contribution in [0.4, 0.5) is 5.95 Å². The van der Waals surface area contributed by atoms with E-state index in [1.54, 1.807) is 6.07 Å². The molecule has 2 atom stereocenters. The average molecular weight is 310 g/mol. The van der Waals surface area contributed by atoms with Crippen molar-refractivity contribution in [1.82, 2.24) is 9.97 Å². The number of hydrogen-bond donors (Lipinski definition) is 2. The summed E-state index contributed by atoms with van der Waals surface area (Å²) < 4.78 is 0. The molecule has 3 rings (SSSR count). The number of nitrogens with zero attached hydrogens (tertiary/aromatic N) is 1. The van der Waals surface area contributed by atoms with Gasteiger partial charge in [-0.05, 0) is 42.0 Å². The van der Waals surface area contributed by atoms with E-state index < -0.39 is 0 Å². The molecule has 0 unspecified atom stereocenters. The highest BCUT2D eigenvalue weighted by Gasteiger charge is 2.60. The fourth-order valence-electron chi connectivity index (χ4n) is 3.33. The Hall–Kier alpha value is -1.19. The minimum absolute atomic E-state index is 0.125. The molecule has 0 bridgehead atoms. The lowest BCUT2D eigenvalue weighted by Crippen LogP contribution is -1.92. The van der Waals surface area contributed by atoms with Gasteiger partial charge >= 0.3 is 0 Å². The summed E-state index contributed by atoms with van der Waals surface area (Å²) >= 11 is 12.2. The van der Waals surface area contributed by atoms with Crippen LogP contribution in [-0.2, 0) is 0 Å². The zero-order chi connectivity index (χ0) is 14.7. The third-order valence-corrected chi connectivity index (χ3v) is 4.74. The SMILES string of the molecule is Cc1[nH]c(N)nc1[C@H]1[C@H](c2cc(Cl)cc(Cl)c2)C1(C)C. The highest BCUT2D eigenvalue weighted by atomic mass is 35.5. The van der Waals surface area contributed by atoms with E-state index in [1.807, 2.05) is 19.1 Å². The number of aromatic nitrogens is 2. The van der Waals surface area contributed by atoms with Crippen molar-refractivity contribution < 1.29 is 0 Å². The van der Waals surface area contributed by atoms with Gasteiger partial charge in [-0.3, -0.25) is 0 Å². The molecule has 1 aliphatic carbocycles.